The minimum Gasteiger partial charge on any atom is -0.481 e. The molecular weight excluding hydrogens is 238 g/mol. The van der Waals surface area contributed by atoms with E-state index in [1.165, 1.54) is 12.8 Å². The molecule has 2 N–H and O–H groups in total. The summed E-state index contributed by atoms with van der Waals surface area (Å²) in [6.07, 6.45) is 6.30. The lowest BCUT2D eigenvalue weighted by atomic mass is 10.0. The lowest BCUT2D eigenvalue weighted by Gasteiger charge is -2.15. The van der Waals surface area contributed by atoms with Gasteiger partial charge in [0.05, 0.1) is 5.92 Å². The highest BCUT2D eigenvalue weighted by molar-refractivity contribution is 8.00. The van der Waals surface area contributed by atoms with Gasteiger partial charge in [0.25, 0.3) is 0 Å². The van der Waals surface area contributed by atoms with Crippen LogP contribution in [0.15, 0.2) is 0 Å². The van der Waals surface area contributed by atoms with E-state index in [0.717, 1.165) is 13.0 Å². The first kappa shape index (κ1) is 12.7. The maximum atomic E-state index is 11.9. The molecule has 0 spiro atoms. The van der Waals surface area contributed by atoms with Crippen LogP contribution in [0, 0.1) is 11.8 Å². The van der Waals surface area contributed by atoms with E-state index >= 15 is 0 Å². The Balaban J connectivity index is 1.76. The fourth-order valence-corrected chi connectivity index (χ4v) is 3.16. The normalized spacial score (nSPS) is 29.9. The third-order valence-electron chi connectivity index (χ3n) is 3.98. The number of thioether (sulfide) groups is 1. The van der Waals surface area contributed by atoms with Gasteiger partial charge in [0.2, 0.25) is 5.91 Å². The predicted molar refractivity (Wildman–Crippen MR) is 67.0 cm³/mol. The standard InChI is InChI=1S/C12H19NO3S/c1-17-12(4-5-12)7-13-10(14)8-2-3-9(6-8)11(15)16/h8-9H,2-7H2,1H3,(H,13,14)(H,15,16)/t8-,9+/m1/s1. The Morgan fingerprint density at radius 2 is 2.00 bits per heavy atom. The minimum atomic E-state index is -0.761. The topological polar surface area (TPSA) is 66.4 Å². The van der Waals surface area contributed by atoms with E-state index in [9.17, 15) is 9.59 Å². The molecule has 1 amide bonds. The second-order valence-electron chi connectivity index (χ2n) is 5.15. The number of carboxylic acids is 1. The monoisotopic (exact) mass is 257 g/mol. The van der Waals surface area contributed by atoms with Gasteiger partial charge in [-0.25, -0.2) is 0 Å². The van der Waals surface area contributed by atoms with E-state index in [1.807, 2.05) is 11.8 Å². The van der Waals surface area contributed by atoms with Gasteiger partial charge < -0.3 is 10.4 Å². The van der Waals surface area contributed by atoms with Gasteiger partial charge in [-0.15, -0.1) is 0 Å². The van der Waals surface area contributed by atoms with Gasteiger partial charge in [0, 0.05) is 17.2 Å². The molecule has 0 aromatic heterocycles. The number of carbonyl (C=O) groups is 2. The van der Waals surface area contributed by atoms with Crippen molar-refractivity contribution in [1.29, 1.82) is 0 Å². The molecular formula is C12H19NO3S. The molecule has 0 aromatic rings. The lowest BCUT2D eigenvalue weighted by molar-refractivity contribution is -0.141. The van der Waals surface area contributed by atoms with Crippen LogP contribution >= 0.6 is 11.8 Å². The molecule has 2 fully saturated rings. The number of nitrogens with one attached hydrogen (secondary N) is 1. The van der Waals surface area contributed by atoms with Crippen molar-refractivity contribution in [2.45, 2.75) is 36.9 Å². The quantitative estimate of drug-likeness (QED) is 0.783. The SMILES string of the molecule is CSC1(CNC(=O)[C@@H]2CC[C@H](C(=O)O)C2)CC1. The van der Waals surface area contributed by atoms with Crippen molar-refractivity contribution >= 4 is 23.6 Å². The van der Waals surface area contributed by atoms with Crippen molar-refractivity contribution < 1.29 is 14.7 Å². The molecule has 0 saturated heterocycles. The summed E-state index contributed by atoms with van der Waals surface area (Å²) in [5, 5.41) is 11.9. The third kappa shape index (κ3) is 2.94. The number of aliphatic carboxylic acids is 1. The molecule has 0 aromatic carbocycles. The number of carboxylic acid groups (broad SMARTS) is 1. The molecule has 4 nitrogen and oxygen atoms in total. The average molecular weight is 257 g/mol. The molecule has 0 radical (unpaired) electrons. The van der Waals surface area contributed by atoms with E-state index in [1.54, 1.807) is 0 Å². The molecule has 0 bridgehead atoms. The third-order valence-corrected chi connectivity index (χ3v) is 5.40. The first-order valence-corrected chi connectivity index (χ1v) is 7.34. The fourth-order valence-electron chi connectivity index (χ4n) is 2.43. The zero-order valence-corrected chi connectivity index (χ0v) is 10.9. The molecule has 5 heteroatoms. The predicted octanol–water partition coefficient (Wildman–Crippen LogP) is 1.50. The second kappa shape index (κ2) is 4.88. The molecule has 2 rings (SSSR count). The molecule has 2 aliphatic carbocycles. The highest BCUT2D eigenvalue weighted by Crippen LogP contribution is 2.46. The van der Waals surface area contributed by atoms with Crippen LogP contribution in [-0.4, -0.2) is 34.5 Å². The summed E-state index contributed by atoms with van der Waals surface area (Å²) in [6.45, 7) is 0.737. The molecule has 2 atom stereocenters. The van der Waals surface area contributed by atoms with Crippen molar-refractivity contribution in [1.82, 2.24) is 5.32 Å². The van der Waals surface area contributed by atoms with Crippen LogP contribution in [0.4, 0.5) is 0 Å². The van der Waals surface area contributed by atoms with Crippen LogP contribution < -0.4 is 5.32 Å². The Bertz CT molecular complexity index is 328. The minimum absolute atomic E-state index is 0.0501. The highest BCUT2D eigenvalue weighted by atomic mass is 32.2. The molecule has 0 heterocycles. The first-order valence-electron chi connectivity index (χ1n) is 6.12. The Labute approximate surface area is 106 Å². The van der Waals surface area contributed by atoms with Gasteiger partial charge in [-0.05, 0) is 38.4 Å². The Hall–Kier alpha value is -0.710. The second-order valence-corrected chi connectivity index (χ2v) is 6.42. The largest absolute Gasteiger partial charge is 0.481 e. The maximum absolute atomic E-state index is 11.9. The van der Waals surface area contributed by atoms with Crippen molar-refractivity contribution in [3.8, 4) is 0 Å². The number of hydrogen-bond donors (Lipinski definition) is 2. The van der Waals surface area contributed by atoms with E-state index in [0.29, 0.717) is 12.8 Å². The van der Waals surface area contributed by atoms with Gasteiger partial charge in [-0.1, -0.05) is 0 Å². The van der Waals surface area contributed by atoms with E-state index in [2.05, 4.69) is 11.6 Å². The molecule has 2 saturated carbocycles. The van der Waals surface area contributed by atoms with Gasteiger partial charge in [0.1, 0.15) is 0 Å². The highest BCUT2D eigenvalue weighted by Gasteiger charge is 2.42. The maximum Gasteiger partial charge on any atom is 0.306 e. The van der Waals surface area contributed by atoms with Gasteiger partial charge in [-0.3, -0.25) is 9.59 Å². The summed E-state index contributed by atoms with van der Waals surface area (Å²) in [6, 6.07) is 0. The number of carbonyl (C=O) groups excluding carboxylic acids is 1. The van der Waals surface area contributed by atoms with Crippen LogP contribution in [0.1, 0.15) is 32.1 Å². The zero-order chi connectivity index (χ0) is 12.5. The smallest absolute Gasteiger partial charge is 0.306 e. The fraction of sp³-hybridized carbons (Fsp3) is 0.833. The molecule has 2 aliphatic rings. The van der Waals surface area contributed by atoms with Crippen LogP contribution in [0.5, 0.6) is 0 Å². The lowest BCUT2D eigenvalue weighted by Crippen LogP contribution is -2.35. The summed E-state index contributed by atoms with van der Waals surface area (Å²) >= 11 is 1.82. The Kier molecular flexibility index (Phi) is 3.66. The zero-order valence-electron chi connectivity index (χ0n) is 10.1. The number of amides is 1. The Morgan fingerprint density at radius 3 is 2.47 bits per heavy atom. The van der Waals surface area contributed by atoms with Gasteiger partial charge in [-0.2, -0.15) is 11.8 Å². The van der Waals surface area contributed by atoms with Crippen molar-refractivity contribution in [2.24, 2.45) is 11.8 Å². The summed E-state index contributed by atoms with van der Waals surface area (Å²) < 4.78 is 0.278. The summed E-state index contributed by atoms with van der Waals surface area (Å²) in [4.78, 5) is 22.7. The summed E-state index contributed by atoms with van der Waals surface area (Å²) in [7, 11) is 0. The van der Waals surface area contributed by atoms with Crippen LogP contribution in [0.3, 0.4) is 0 Å². The van der Waals surface area contributed by atoms with Crippen LogP contribution in [0.25, 0.3) is 0 Å². The first-order chi connectivity index (χ1) is 8.06. The van der Waals surface area contributed by atoms with Crippen molar-refractivity contribution in [3.63, 3.8) is 0 Å². The van der Waals surface area contributed by atoms with E-state index < -0.39 is 5.97 Å². The van der Waals surface area contributed by atoms with E-state index in [-0.39, 0.29) is 22.5 Å². The van der Waals surface area contributed by atoms with Crippen molar-refractivity contribution in [2.75, 3.05) is 12.8 Å². The van der Waals surface area contributed by atoms with Crippen molar-refractivity contribution in [3.05, 3.63) is 0 Å². The summed E-state index contributed by atoms with van der Waals surface area (Å²) in [5.74, 6) is -1.12. The molecule has 0 aliphatic heterocycles. The van der Waals surface area contributed by atoms with Crippen LogP contribution in [-0.2, 0) is 9.59 Å². The Morgan fingerprint density at radius 1 is 1.35 bits per heavy atom. The molecule has 17 heavy (non-hydrogen) atoms. The molecule has 0 unspecified atom stereocenters. The van der Waals surface area contributed by atoms with Gasteiger partial charge >= 0.3 is 5.97 Å². The molecule has 96 valence electrons. The number of rotatable bonds is 5. The van der Waals surface area contributed by atoms with Crippen LogP contribution in [0.2, 0.25) is 0 Å². The van der Waals surface area contributed by atoms with E-state index in [4.69, 9.17) is 5.11 Å². The average Bonchev–Trinajstić information content (AvgIpc) is 2.92. The number of hydrogen-bond acceptors (Lipinski definition) is 3. The van der Waals surface area contributed by atoms with Gasteiger partial charge in [0.15, 0.2) is 0 Å². The summed E-state index contributed by atoms with van der Waals surface area (Å²) in [5.41, 5.74) is 0.